The van der Waals surface area contributed by atoms with Crippen molar-refractivity contribution in [1.82, 2.24) is 9.55 Å². The number of hydrogen-bond acceptors (Lipinski definition) is 5. The van der Waals surface area contributed by atoms with Crippen LogP contribution in [-0.4, -0.2) is 16.2 Å². The summed E-state index contributed by atoms with van der Waals surface area (Å²) in [6.45, 7) is 14.0. The average Bonchev–Trinajstić information content (AvgIpc) is 3.97. The molecule has 0 radical (unpaired) electrons. The van der Waals surface area contributed by atoms with Crippen LogP contribution >= 0.6 is 0 Å². The van der Waals surface area contributed by atoms with Crippen molar-refractivity contribution >= 4 is 66.5 Å². The van der Waals surface area contributed by atoms with Crippen LogP contribution in [0.15, 0.2) is 174 Å². The molecule has 1 aliphatic rings. The Kier molecular flexibility index (Phi) is 9.02. The van der Waals surface area contributed by atoms with Crippen molar-refractivity contribution in [3.8, 4) is 17.3 Å². The number of pyridine rings is 1. The number of anilines is 2. The third kappa shape index (κ3) is 6.44. The van der Waals surface area contributed by atoms with Crippen LogP contribution in [0.2, 0.25) is 0 Å². The highest BCUT2D eigenvalue weighted by Crippen LogP contribution is 2.48. The van der Waals surface area contributed by atoms with Gasteiger partial charge in [-0.25, -0.2) is 4.98 Å². The molecule has 0 atom stereocenters. The molecule has 7 aromatic carbocycles. The van der Waals surface area contributed by atoms with Crippen LogP contribution < -0.4 is 14.5 Å². The Morgan fingerprint density at radius 3 is 1.95 bits per heavy atom. The van der Waals surface area contributed by atoms with E-state index in [1.165, 1.54) is 27.9 Å². The molecule has 10 aromatic rings. The van der Waals surface area contributed by atoms with Gasteiger partial charge in [0.1, 0.15) is 35.2 Å². The summed E-state index contributed by atoms with van der Waals surface area (Å²) in [5, 5.41) is 4.08. The Labute approximate surface area is 367 Å². The zero-order valence-electron chi connectivity index (χ0n) is 36.5. The van der Waals surface area contributed by atoms with E-state index in [9.17, 15) is 0 Å². The molecule has 11 rings (SSSR count). The van der Waals surface area contributed by atoms with Crippen molar-refractivity contribution in [2.24, 2.45) is 0 Å². The number of aromatic nitrogens is 2. The predicted molar refractivity (Wildman–Crippen MR) is 261 cm³/mol. The second kappa shape index (κ2) is 14.8. The second-order valence-electron chi connectivity index (χ2n) is 17.8. The number of rotatable bonds is 7. The monoisotopic (exact) mass is 820 g/mol. The van der Waals surface area contributed by atoms with Crippen molar-refractivity contribution < 1.29 is 9.15 Å². The first kappa shape index (κ1) is 38.4. The van der Waals surface area contributed by atoms with Gasteiger partial charge in [-0.15, -0.1) is 0 Å². The van der Waals surface area contributed by atoms with Crippen molar-refractivity contribution in [3.63, 3.8) is 0 Å². The van der Waals surface area contributed by atoms with Gasteiger partial charge in [0, 0.05) is 51.6 Å². The number of fused-ring (bicyclic) bond motifs is 7. The molecule has 3 aromatic heterocycles. The summed E-state index contributed by atoms with van der Waals surface area (Å²) in [6.07, 6.45) is 1.92. The quantitative estimate of drug-likeness (QED) is 0.160. The highest BCUT2D eigenvalue weighted by molar-refractivity contribution is 6.25. The second-order valence-corrected chi connectivity index (χ2v) is 17.8. The zero-order valence-corrected chi connectivity index (χ0v) is 36.5. The molecule has 0 unspecified atom stereocenters. The fourth-order valence-electron chi connectivity index (χ4n) is 9.78. The summed E-state index contributed by atoms with van der Waals surface area (Å²) in [4.78, 5) is 9.89. The number of furan rings is 1. The standard InChI is InChI=1S/C57H48N4O2/c1-36-30-37(2)53(38(3)31-36)60-35-59(54(39-18-9-7-10-19-39)55(60)40-20-11-8-12-21-40)42-22-17-23-43(33-42)62-49-34-47-51(56-52(49)45-25-14-16-27-48(45)63-56)44-24-13-15-26-46(44)61(47)50-32-41(28-29-58-50)57(4,5)6/h7-34H,35H2,1-6H3. The van der Waals surface area contributed by atoms with E-state index in [0.29, 0.717) is 12.4 Å². The van der Waals surface area contributed by atoms with Crippen molar-refractivity contribution in [3.05, 3.63) is 203 Å². The van der Waals surface area contributed by atoms with Crippen molar-refractivity contribution in [2.45, 2.75) is 47.0 Å². The van der Waals surface area contributed by atoms with Crippen LogP contribution in [0.4, 0.5) is 11.4 Å². The van der Waals surface area contributed by atoms with E-state index in [4.69, 9.17) is 14.1 Å². The summed E-state index contributed by atoms with van der Waals surface area (Å²) in [6, 6.07) is 57.9. The molecule has 1 aliphatic heterocycles. The first-order valence-electron chi connectivity index (χ1n) is 21.7. The first-order valence-corrected chi connectivity index (χ1v) is 21.7. The molecule has 0 saturated heterocycles. The van der Waals surface area contributed by atoms with Gasteiger partial charge in [-0.2, -0.15) is 0 Å². The zero-order chi connectivity index (χ0) is 43.0. The first-order chi connectivity index (χ1) is 30.6. The van der Waals surface area contributed by atoms with Gasteiger partial charge in [0.05, 0.1) is 33.2 Å². The highest BCUT2D eigenvalue weighted by Gasteiger charge is 2.34. The summed E-state index contributed by atoms with van der Waals surface area (Å²) in [5.41, 5.74) is 15.4. The summed E-state index contributed by atoms with van der Waals surface area (Å²) in [5.74, 6) is 2.29. The molecular weight excluding hydrogens is 773 g/mol. The Hall–Kier alpha value is -7.57. The molecule has 63 heavy (non-hydrogen) atoms. The number of ether oxygens (including phenoxy) is 1. The molecule has 0 N–H and O–H groups in total. The topological polar surface area (TPSA) is 46.7 Å². The molecule has 6 heteroatoms. The lowest BCUT2D eigenvalue weighted by atomic mass is 9.88. The molecule has 0 saturated carbocycles. The lowest BCUT2D eigenvalue weighted by molar-refractivity contribution is 0.489. The Bertz CT molecular complexity index is 3400. The minimum absolute atomic E-state index is 0.0522. The Balaban J connectivity index is 1.11. The van der Waals surface area contributed by atoms with E-state index in [0.717, 1.165) is 83.5 Å². The molecule has 4 heterocycles. The summed E-state index contributed by atoms with van der Waals surface area (Å²) in [7, 11) is 0. The van der Waals surface area contributed by atoms with Gasteiger partial charge in [0.25, 0.3) is 0 Å². The Morgan fingerprint density at radius 1 is 0.587 bits per heavy atom. The van der Waals surface area contributed by atoms with Crippen molar-refractivity contribution in [1.29, 1.82) is 0 Å². The maximum atomic E-state index is 7.20. The molecule has 6 nitrogen and oxygen atoms in total. The molecule has 0 aliphatic carbocycles. The SMILES string of the molecule is Cc1cc(C)c(N2CN(c3cccc(Oc4cc5c(c6ccccc6n5-c5cc(C(C)(C)C)ccn5)c5oc6ccccc6c45)c3)C(c3ccccc3)=C2c2ccccc2)c(C)c1. The van der Waals surface area contributed by atoms with E-state index < -0.39 is 0 Å². The van der Waals surface area contributed by atoms with Gasteiger partial charge in [-0.1, -0.05) is 142 Å². The van der Waals surface area contributed by atoms with Crippen molar-refractivity contribution in [2.75, 3.05) is 16.5 Å². The van der Waals surface area contributed by atoms with Crippen LogP contribution in [0.1, 0.15) is 54.2 Å². The maximum absolute atomic E-state index is 7.20. The molecular formula is C57H48N4O2. The van der Waals surface area contributed by atoms with E-state index in [1.54, 1.807) is 0 Å². The van der Waals surface area contributed by atoms with Crippen LogP contribution in [0.3, 0.4) is 0 Å². The van der Waals surface area contributed by atoms with Gasteiger partial charge in [-0.3, -0.25) is 4.57 Å². The normalized spacial score (nSPS) is 13.4. The molecule has 308 valence electrons. The summed E-state index contributed by atoms with van der Waals surface area (Å²) < 4.78 is 16.3. The summed E-state index contributed by atoms with van der Waals surface area (Å²) >= 11 is 0. The molecule has 0 spiro atoms. The number of nitrogens with zero attached hydrogens (tertiary/aromatic N) is 4. The van der Waals surface area contributed by atoms with Gasteiger partial charge in [-0.05, 0) is 79.3 Å². The van der Waals surface area contributed by atoms with E-state index >= 15 is 0 Å². The lowest BCUT2D eigenvalue weighted by Crippen LogP contribution is -2.28. The van der Waals surface area contributed by atoms with Gasteiger partial charge < -0.3 is 19.0 Å². The lowest BCUT2D eigenvalue weighted by Gasteiger charge is -2.28. The van der Waals surface area contributed by atoms with E-state index in [1.807, 2.05) is 18.3 Å². The van der Waals surface area contributed by atoms with E-state index in [-0.39, 0.29) is 5.41 Å². The minimum atomic E-state index is -0.0522. The maximum Gasteiger partial charge on any atom is 0.149 e. The van der Waals surface area contributed by atoms with Crippen LogP contribution in [0.25, 0.3) is 61.0 Å². The van der Waals surface area contributed by atoms with Crippen LogP contribution in [0, 0.1) is 20.8 Å². The van der Waals surface area contributed by atoms with Gasteiger partial charge in [0.2, 0.25) is 0 Å². The average molecular weight is 821 g/mol. The highest BCUT2D eigenvalue weighted by atomic mass is 16.5. The smallest absolute Gasteiger partial charge is 0.149 e. The largest absolute Gasteiger partial charge is 0.456 e. The molecule has 0 fully saturated rings. The fraction of sp³-hybridized carbons (Fsp3) is 0.140. The molecule has 0 bridgehead atoms. The number of para-hydroxylation sites is 2. The third-order valence-electron chi connectivity index (χ3n) is 12.5. The van der Waals surface area contributed by atoms with Gasteiger partial charge >= 0.3 is 0 Å². The number of aryl methyl sites for hydroxylation is 3. The Morgan fingerprint density at radius 2 is 1.24 bits per heavy atom. The third-order valence-corrected chi connectivity index (χ3v) is 12.5. The molecule has 0 amide bonds. The predicted octanol–water partition coefficient (Wildman–Crippen LogP) is 14.9. The van der Waals surface area contributed by atoms with E-state index in [2.05, 4.69) is 208 Å². The minimum Gasteiger partial charge on any atom is -0.456 e. The number of hydrogen-bond donors (Lipinski definition) is 0. The fourth-order valence-corrected chi connectivity index (χ4v) is 9.78. The van der Waals surface area contributed by atoms with Gasteiger partial charge in [0.15, 0.2) is 0 Å². The number of benzene rings is 7. The van der Waals surface area contributed by atoms with Crippen LogP contribution in [-0.2, 0) is 5.41 Å². The van der Waals surface area contributed by atoms with Crippen LogP contribution in [0.5, 0.6) is 11.5 Å².